The Bertz CT molecular complexity index is 5560. The first kappa shape index (κ1) is 56.4. The third-order valence-electron chi connectivity index (χ3n) is 17.5. The van der Waals surface area contributed by atoms with Gasteiger partial charge in [-0.25, -0.2) is 14.7 Å². The highest BCUT2D eigenvalue weighted by molar-refractivity contribution is 6.14. The standard InChI is InChI=1S/C83H49F3N8/c1-87-65-41-63(40-64(46-65)83(84,85)86)66-47-81(93-77-36-29-56(60-26-33-71(89-49-60)52-16-7-3-8-17-52)42-67(77)68-43-57(30-37-78(68)93)61-27-34-72(90-50-61)53-18-9-4-10-19-53)82(48-76(66)88-2)94-79-38-31-58(62-28-35-73(91-51-62)54-20-11-5-12-21-54)44-69(79)70-45-59(32-39-80(70)94)75-25-15-24-74(92-75)55-22-13-6-14-23-55/h3-51H. The van der Waals surface area contributed by atoms with Crippen molar-refractivity contribution in [1.29, 1.82) is 0 Å². The minimum atomic E-state index is -4.79. The summed E-state index contributed by atoms with van der Waals surface area (Å²) < 4.78 is 49.2. The van der Waals surface area contributed by atoms with Crippen LogP contribution in [0.3, 0.4) is 0 Å². The van der Waals surface area contributed by atoms with E-state index in [1.807, 2.05) is 182 Å². The first-order valence-corrected chi connectivity index (χ1v) is 30.5. The van der Waals surface area contributed by atoms with Crippen molar-refractivity contribution in [3.8, 4) is 112 Å². The monoisotopic (exact) mass is 1210 g/mol. The molecule has 16 rings (SSSR count). The average Bonchev–Trinajstić information content (AvgIpc) is 1.55. The number of rotatable bonds is 11. The summed E-state index contributed by atoms with van der Waals surface area (Å²) in [5.41, 5.74) is 18.0. The van der Waals surface area contributed by atoms with Crippen molar-refractivity contribution >= 4 is 55.0 Å². The molecule has 16 aromatic rings. The number of hydrogen-bond acceptors (Lipinski definition) is 4. The Morgan fingerprint density at radius 2 is 0.670 bits per heavy atom. The van der Waals surface area contributed by atoms with Gasteiger partial charge >= 0.3 is 6.18 Å². The van der Waals surface area contributed by atoms with Gasteiger partial charge in [-0.1, -0.05) is 170 Å². The van der Waals surface area contributed by atoms with E-state index in [0.717, 1.165) is 145 Å². The van der Waals surface area contributed by atoms with E-state index in [4.69, 9.17) is 33.1 Å². The first-order valence-electron chi connectivity index (χ1n) is 30.5. The molecular formula is C83H49F3N8. The van der Waals surface area contributed by atoms with Crippen LogP contribution in [0.2, 0.25) is 0 Å². The Balaban J connectivity index is 0.963. The summed E-state index contributed by atoms with van der Waals surface area (Å²) in [6, 6.07) is 90.8. The third-order valence-corrected chi connectivity index (χ3v) is 17.5. The second-order valence-electron chi connectivity index (χ2n) is 23.1. The predicted molar refractivity (Wildman–Crippen MR) is 373 cm³/mol. The van der Waals surface area contributed by atoms with Crippen LogP contribution < -0.4 is 0 Å². The molecule has 0 bridgehead atoms. The number of aromatic nitrogens is 6. The van der Waals surface area contributed by atoms with Gasteiger partial charge in [-0.15, -0.1) is 0 Å². The molecule has 0 radical (unpaired) electrons. The zero-order chi connectivity index (χ0) is 63.4. The number of halogens is 3. The molecule has 0 aliphatic carbocycles. The third kappa shape index (κ3) is 10.3. The highest BCUT2D eigenvalue weighted by atomic mass is 19.4. The lowest BCUT2D eigenvalue weighted by atomic mass is 9.98. The van der Waals surface area contributed by atoms with Crippen LogP contribution in [0.15, 0.2) is 298 Å². The van der Waals surface area contributed by atoms with Crippen LogP contribution in [-0.4, -0.2) is 29.1 Å². The quantitative estimate of drug-likeness (QED) is 0.121. The van der Waals surface area contributed by atoms with Gasteiger partial charge in [0.25, 0.3) is 0 Å². The molecule has 0 N–H and O–H groups in total. The molecule has 0 atom stereocenters. The summed E-state index contributed by atoms with van der Waals surface area (Å²) in [6.07, 6.45) is 0.885. The molecular weight excluding hydrogens is 1170 g/mol. The maximum Gasteiger partial charge on any atom is 0.415 e. The van der Waals surface area contributed by atoms with Gasteiger partial charge in [0.05, 0.1) is 75.1 Å². The molecule has 0 unspecified atom stereocenters. The van der Waals surface area contributed by atoms with E-state index in [9.17, 15) is 13.2 Å². The maximum atomic E-state index is 15.0. The average molecular weight is 1220 g/mol. The highest BCUT2D eigenvalue weighted by Crippen LogP contribution is 2.47. The molecule has 10 aromatic carbocycles. The molecule has 0 spiro atoms. The van der Waals surface area contributed by atoms with E-state index in [1.54, 1.807) is 6.07 Å². The largest absolute Gasteiger partial charge is 0.415 e. The lowest BCUT2D eigenvalue weighted by Crippen LogP contribution is -2.06. The van der Waals surface area contributed by atoms with E-state index >= 15 is 0 Å². The molecule has 94 heavy (non-hydrogen) atoms. The lowest BCUT2D eigenvalue weighted by Gasteiger charge is -2.20. The first-order chi connectivity index (χ1) is 46.1. The molecule has 0 aliphatic rings. The van der Waals surface area contributed by atoms with Crippen molar-refractivity contribution in [2.45, 2.75) is 6.18 Å². The molecule has 8 nitrogen and oxygen atoms in total. The fourth-order valence-electron chi connectivity index (χ4n) is 12.9. The van der Waals surface area contributed by atoms with Gasteiger partial charge in [0, 0.05) is 90.2 Å². The molecule has 0 saturated carbocycles. The number of alkyl halides is 3. The van der Waals surface area contributed by atoms with Crippen molar-refractivity contribution in [2.24, 2.45) is 0 Å². The van der Waals surface area contributed by atoms with Gasteiger partial charge in [-0.2, -0.15) is 13.2 Å². The molecule has 11 heteroatoms. The Morgan fingerprint density at radius 3 is 1.05 bits per heavy atom. The van der Waals surface area contributed by atoms with Gasteiger partial charge in [-0.05, 0) is 137 Å². The molecule has 0 amide bonds. The van der Waals surface area contributed by atoms with Crippen molar-refractivity contribution in [2.75, 3.05) is 0 Å². The zero-order valence-corrected chi connectivity index (χ0v) is 50.0. The SMILES string of the molecule is [C-]#[N+]c1cc(-c2cc(-n3c4ccc(-c5ccc(-c6ccccc6)nc5)cc4c4cc(-c5ccc(-c6ccccc6)nc5)ccc43)c(-n3c4ccc(-c5ccc(-c6ccccc6)nc5)cc4c4cc(-c5cccc(-c6ccccc6)n5)ccc43)cc2[N+]#[C-])cc(C(F)(F)F)c1. The fraction of sp³-hybridized carbons (Fsp3) is 0.0120. The van der Waals surface area contributed by atoms with Crippen LogP contribution in [-0.2, 0) is 6.18 Å². The number of nitrogens with zero attached hydrogens (tertiary/aromatic N) is 8. The van der Waals surface area contributed by atoms with Crippen molar-refractivity contribution in [3.05, 3.63) is 326 Å². The van der Waals surface area contributed by atoms with E-state index in [1.165, 1.54) is 6.07 Å². The highest BCUT2D eigenvalue weighted by Gasteiger charge is 2.32. The van der Waals surface area contributed by atoms with Gasteiger partial charge in [0.15, 0.2) is 11.4 Å². The minimum absolute atomic E-state index is 0.0801. The van der Waals surface area contributed by atoms with Crippen LogP contribution in [0.1, 0.15) is 5.56 Å². The summed E-state index contributed by atoms with van der Waals surface area (Å²) in [7, 11) is 0. The topological polar surface area (TPSA) is 70.1 Å². The Kier molecular flexibility index (Phi) is 13.9. The molecule has 0 aliphatic heterocycles. The Labute approximate surface area is 538 Å². The molecule has 6 aromatic heterocycles. The van der Waals surface area contributed by atoms with Crippen LogP contribution in [0.5, 0.6) is 0 Å². The van der Waals surface area contributed by atoms with Crippen LogP contribution in [0, 0.1) is 13.1 Å². The maximum absolute atomic E-state index is 15.0. The molecule has 6 heterocycles. The van der Waals surface area contributed by atoms with E-state index < -0.39 is 11.7 Å². The minimum Gasteiger partial charge on any atom is -0.308 e. The number of hydrogen-bond donors (Lipinski definition) is 0. The van der Waals surface area contributed by atoms with Gasteiger partial charge in [0.1, 0.15) is 0 Å². The van der Waals surface area contributed by atoms with Gasteiger partial charge in [0.2, 0.25) is 0 Å². The molecule has 0 fully saturated rings. The normalized spacial score (nSPS) is 11.5. The summed E-state index contributed by atoms with van der Waals surface area (Å²) in [5, 5.41) is 3.57. The Hall–Kier alpha value is -12.8. The van der Waals surface area contributed by atoms with Gasteiger partial charge < -0.3 is 9.13 Å². The van der Waals surface area contributed by atoms with Gasteiger partial charge in [-0.3, -0.25) is 15.0 Å². The number of benzene rings is 10. The van der Waals surface area contributed by atoms with Crippen molar-refractivity contribution in [3.63, 3.8) is 0 Å². The smallest absolute Gasteiger partial charge is 0.308 e. The van der Waals surface area contributed by atoms with Crippen molar-refractivity contribution < 1.29 is 13.2 Å². The van der Waals surface area contributed by atoms with E-state index in [-0.39, 0.29) is 22.5 Å². The van der Waals surface area contributed by atoms with Crippen LogP contribution >= 0.6 is 0 Å². The lowest BCUT2D eigenvalue weighted by molar-refractivity contribution is -0.137. The molecule has 442 valence electrons. The van der Waals surface area contributed by atoms with Crippen LogP contribution in [0.25, 0.3) is 165 Å². The summed E-state index contributed by atoms with van der Waals surface area (Å²) in [4.78, 5) is 27.6. The summed E-state index contributed by atoms with van der Waals surface area (Å²) in [6.45, 7) is 16.9. The summed E-state index contributed by atoms with van der Waals surface area (Å²) in [5.74, 6) is 0. The van der Waals surface area contributed by atoms with Crippen molar-refractivity contribution in [1.82, 2.24) is 29.1 Å². The number of pyridine rings is 4. The fourth-order valence-corrected chi connectivity index (χ4v) is 12.9. The second kappa shape index (κ2) is 23.2. The summed E-state index contributed by atoms with van der Waals surface area (Å²) >= 11 is 0. The Morgan fingerprint density at radius 1 is 0.298 bits per heavy atom. The zero-order valence-electron chi connectivity index (χ0n) is 50.0. The van der Waals surface area contributed by atoms with Crippen LogP contribution in [0.4, 0.5) is 24.5 Å². The second-order valence-corrected chi connectivity index (χ2v) is 23.1. The van der Waals surface area contributed by atoms with E-state index in [0.29, 0.717) is 11.4 Å². The number of fused-ring (bicyclic) bond motifs is 6. The molecule has 0 saturated heterocycles. The van der Waals surface area contributed by atoms with E-state index in [2.05, 4.69) is 110 Å². The predicted octanol–water partition coefficient (Wildman–Crippen LogP) is 22.6.